The summed E-state index contributed by atoms with van der Waals surface area (Å²) in [5.41, 5.74) is 8.95. The third kappa shape index (κ3) is 3.24. The van der Waals surface area contributed by atoms with E-state index >= 15 is 0 Å². The van der Waals surface area contributed by atoms with Gasteiger partial charge in [-0.25, -0.2) is 0 Å². The third-order valence-corrected chi connectivity index (χ3v) is 3.91. The molecule has 2 unspecified atom stereocenters. The van der Waals surface area contributed by atoms with Crippen LogP contribution in [0.25, 0.3) is 0 Å². The van der Waals surface area contributed by atoms with Crippen molar-refractivity contribution in [2.45, 2.75) is 18.9 Å². The monoisotopic (exact) mass is 319 g/mol. The molecule has 0 aliphatic heterocycles. The number of hydrogen-bond donors (Lipinski definition) is 2. The zero-order valence-electron chi connectivity index (χ0n) is 10.9. The first-order chi connectivity index (χ1) is 9.13. The maximum absolute atomic E-state index is 10.6. The highest BCUT2D eigenvalue weighted by Gasteiger charge is 2.22. The standard InChI is InChI=1S/C16H18BrNO/c1-11-5-2-3-8-14(11)16(19)15(10-18)12-6-4-7-13(17)9-12/h2-9,15-16,19H,10,18H2,1H3. The Bertz CT molecular complexity index is 556. The van der Waals surface area contributed by atoms with Gasteiger partial charge in [0.05, 0.1) is 6.10 Å². The highest BCUT2D eigenvalue weighted by Crippen LogP contribution is 2.32. The van der Waals surface area contributed by atoms with Gasteiger partial charge in [-0.05, 0) is 35.7 Å². The number of benzene rings is 2. The maximum Gasteiger partial charge on any atom is 0.0873 e. The lowest BCUT2D eigenvalue weighted by molar-refractivity contribution is 0.147. The van der Waals surface area contributed by atoms with E-state index in [1.54, 1.807) is 0 Å². The first-order valence-electron chi connectivity index (χ1n) is 6.32. The summed E-state index contributed by atoms with van der Waals surface area (Å²) >= 11 is 3.46. The van der Waals surface area contributed by atoms with Crippen molar-refractivity contribution in [3.63, 3.8) is 0 Å². The second-order valence-corrected chi connectivity index (χ2v) is 5.61. The summed E-state index contributed by atoms with van der Waals surface area (Å²) in [6.45, 7) is 2.42. The molecule has 0 radical (unpaired) electrons. The SMILES string of the molecule is Cc1ccccc1C(O)C(CN)c1cccc(Br)c1. The third-order valence-electron chi connectivity index (χ3n) is 3.42. The second-order valence-electron chi connectivity index (χ2n) is 4.70. The van der Waals surface area contributed by atoms with Gasteiger partial charge in [-0.1, -0.05) is 52.3 Å². The fraction of sp³-hybridized carbons (Fsp3) is 0.250. The zero-order valence-corrected chi connectivity index (χ0v) is 12.5. The lowest BCUT2D eigenvalue weighted by Gasteiger charge is -2.23. The van der Waals surface area contributed by atoms with E-state index in [0.29, 0.717) is 6.54 Å². The van der Waals surface area contributed by atoms with Crippen LogP contribution >= 0.6 is 15.9 Å². The summed E-state index contributed by atoms with van der Waals surface area (Å²) < 4.78 is 1.00. The largest absolute Gasteiger partial charge is 0.388 e. The van der Waals surface area contributed by atoms with E-state index in [1.807, 2.05) is 55.5 Å². The van der Waals surface area contributed by atoms with Crippen molar-refractivity contribution in [2.75, 3.05) is 6.54 Å². The predicted molar refractivity (Wildman–Crippen MR) is 82.1 cm³/mol. The average Bonchev–Trinajstić information content (AvgIpc) is 2.40. The molecule has 2 atom stereocenters. The van der Waals surface area contributed by atoms with Crippen molar-refractivity contribution in [2.24, 2.45) is 5.73 Å². The number of rotatable bonds is 4. The Morgan fingerprint density at radius 1 is 1.16 bits per heavy atom. The van der Waals surface area contributed by atoms with Crippen molar-refractivity contribution in [1.82, 2.24) is 0 Å². The Hall–Kier alpha value is -1.16. The topological polar surface area (TPSA) is 46.2 Å². The molecule has 0 amide bonds. The predicted octanol–water partition coefficient (Wildman–Crippen LogP) is 3.53. The second kappa shape index (κ2) is 6.33. The molecule has 0 heterocycles. The number of aliphatic hydroxyl groups excluding tert-OH is 1. The number of aliphatic hydroxyl groups is 1. The van der Waals surface area contributed by atoms with Crippen LogP contribution in [0.5, 0.6) is 0 Å². The molecule has 2 rings (SSSR count). The molecule has 0 aliphatic rings. The molecule has 0 aromatic heterocycles. The molecule has 0 saturated heterocycles. The van der Waals surface area contributed by atoms with Crippen LogP contribution in [0.1, 0.15) is 28.7 Å². The highest BCUT2D eigenvalue weighted by atomic mass is 79.9. The maximum atomic E-state index is 10.6. The van der Waals surface area contributed by atoms with E-state index in [1.165, 1.54) is 0 Å². The molecule has 0 aliphatic carbocycles. The number of halogens is 1. The van der Waals surface area contributed by atoms with E-state index in [2.05, 4.69) is 15.9 Å². The highest BCUT2D eigenvalue weighted by molar-refractivity contribution is 9.10. The van der Waals surface area contributed by atoms with Gasteiger partial charge in [-0.15, -0.1) is 0 Å². The van der Waals surface area contributed by atoms with Crippen LogP contribution in [0.4, 0.5) is 0 Å². The summed E-state index contributed by atoms with van der Waals surface area (Å²) in [7, 11) is 0. The molecular formula is C16H18BrNO. The summed E-state index contributed by atoms with van der Waals surface area (Å²) in [6, 6.07) is 15.8. The van der Waals surface area contributed by atoms with Gasteiger partial charge in [-0.2, -0.15) is 0 Å². The van der Waals surface area contributed by atoms with Crippen molar-refractivity contribution in [3.8, 4) is 0 Å². The summed E-state index contributed by atoms with van der Waals surface area (Å²) in [6.07, 6.45) is -0.583. The minimum absolute atomic E-state index is 0.0985. The first-order valence-corrected chi connectivity index (χ1v) is 7.12. The Morgan fingerprint density at radius 3 is 2.53 bits per heavy atom. The van der Waals surface area contributed by atoms with Gasteiger partial charge in [-0.3, -0.25) is 0 Å². The first kappa shape index (κ1) is 14.3. The normalized spacial score (nSPS) is 14.1. The van der Waals surface area contributed by atoms with Crippen molar-refractivity contribution < 1.29 is 5.11 Å². The van der Waals surface area contributed by atoms with Crippen molar-refractivity contribution >= 4 is 15.9 Å². The van der Waals surface area contributed by atoms with Crippen LogP contribution < -0.4 is 5.73 Å². The van der Waals surface area contributed by atoms with Crippen LogP contribution in [0.15, 0.2) is 53.0 Å². The molecule has 0 bridgehead atoms. The molecule has 2 aromatic rings. The zero-order chi connectivity index (χ0) is 13.8. The summed E-state index contributed by atoms with van der Waals surface area (Å²) in [5.74, 6) is -0.0985. The van der Waals surface area contributed by atoms with Gasteiger partial charge in [0, 0.05) is 16.9 Å². The van der Waals surface area contributed by atoms with Gasteiger partial charge >= 0.3 is 0 Å². The number of nitrogens with two attached hydrogens (primary N) is 1. The quantitative estimate of drug-likeness (QED) is 0.905. The summed E-state index contributed by atoms with van der Waals surface area (Å²) in [4.78, 5) is 0. The van der Waals surface area contributed by atoms with Crippen LogP contribution in [-0.2, 0) is 0 Å². The Balaban J connectivity index is 2.35. The molecule has 3 N–H and O–H groups in total. The van der Waals surface area contributed by atoms with E-state index < -0.39 is 6.10 Å². The molecule has 2 aromatic carbocycles. The smallest absolute Gasteiger partial charge is 0.0873 e. The molecular weight excluding hydrogens is 302 g/mol. The number of hydrogen-bond acceptors (Lipinski definition) is 2. The molecule has 3 heteroatoms. The molecule has 0 fully saturated rings. The van der Waals surface area contributed by atoms with Crippen molar-refractivity contribution in [3.05, 3.63) is 69.7 Å². The van der Waals surface area contributed by atoms with Crippen LogP contribution in [0.3, 0.4) is 0 Å². The lowest BCUT2D eigenvalue weighted by Crippen LogP contribution is -2.20. The molecule has 100 valence electrons. The van der Waals surface area contributed by atoms with Gasteiger partial charge < -0.3 is 10.8 Å². The summed E-state index contributed by atoms with van der Waals surface area (Å²) in [5, 5.41) is 10.6. The molecule has 2 nitrogen and oxygen atoms in total. The van der Waals surface area contributed by atoms with Crippen molar-refractivity contribution in [1.29, 1.82) is 0 Å². The molecule has 19 heavy (non-hydrogen) atoms. The molecule has 0 spiro atoms. The van der Waals surface area contributed by atoms with E-state index in [-0.39, 0.29) is 5.92 Å². The van der Waals surface area contributed by atoms with Crippen LogP contribution in [0.2, 0.25) is 0 Å². The van der Waals surface area contributed by atoms with Gasteiger partial charge in [0.1, 0.15) is 0 Å². The minimum Gasteiger partial charge on any atom is -0.388 e. The molecule has 0 saturated carbocycles. The Kier molecular flexibility index (Phi) is 4.75. The average molecular weight is 320 g/mol. The fourth-order valence-corrected chi connectivity index (χ4v) is 2.74. The Labute approximate surface area is 122 Å². The fourth-order valence-electron chi connectivity index (χ4n) is 2.32. The van der Waals surface area contributed by atoms with E-state index in [9.17, 15) is 5.11 Å². The van der Waals surface area contributed by atoms with Gasteiger partial charge in [0.2, 0.25) is 0 Å². The van der Waals surface area contributed by atoms with Gasteiger partial charge in [0.25, 0.3) is 0 Å². The lowest BCUT2D eigenvalue weighted by atomic mass is 9.87. The number of aryl methyl sites for hydroxylation is 1. The van der Waals surface area contributed by atoms with Crippen LogP contribution in [-0.4, -0.2) is 11.7 Å². The van der Waals surface area contributed by atoms with Gasteiger partial charge in [0.15, 0.2) is 0 Å². The van der Waals surface area contributed by atoms with E-state index in [0.717, 1.165) is 21.2 Å². The Morgan fingerprint density at radius 2 is 1.89 bits per heavy atom. The minimum atomic E-state index is -0.583. The van der Waals surface area contributed by atoms with E-state index in [4.69, 9.17) is 5.73 Å². The van der Waals surface area contributed by atoms with Crippen LogP contribution in [0, 0.1) is 6.92 Å².